The molecule has 0 saturated carbocycles. The molecule has 0 aliphatic heterocycles. The zero-order chi connectivity index (χ0) is 22.0. The average Bonchev–Trinajstić information content (AvgIpc) is 3.34. The largest absolute Gasteiger partial charge is 0.489 e. The molecule has 0 N–H and O–H groups in total. The molecular formula is C22H24N6O3. The maximum absolute atomic E-state index is 12.3. The molecule has 0 unspecified atom stereocenters. The molecule has 0 aliphatic rings. The normalized spacial score (nSPS) is 11.1. The van der Waals surface area contributed by atoms with E-state index < -0.39 is 0 Å². The van der Waals surface area contributed by atoms with Gasteiger partial charge in [0.25, 0.3) is 0 Å². The highest BCUT2D eigenvalue weighted by molar-refractivity contribution is 5.47. The fourth-order valence-electron chi connectivity index (χ4n) is 3.20. The van der Waals surface area contributed by atoms with Crippen LogP contribution in [0.1, 0.15) is 25.0 Å². The van der Waals surface area contributed by atoms with Crippen molar-refractivity contribution in [3.8, 4) is 23.0 Å². The Morgan fingerprint density at radius 1 is 1.00 bits per heavy atom. The molecule has 0 bridgehead atoms. The van der Waals surface area contributed by atoms with Gasteiger partial charge in [0.2, 0.25) is 5.88 Å². The summed E-state index contributed by atoms with van der Waals surface area (Å²) >= 11 is 0. The standard InChI is InChI=1S/C22H24N6O3/c1-15(2)31-20-11-6-5-9-19(20)27-13-12-21(23-27)30-14-17-16(3)8-7-10-18(17)28-22(29)26(4)24-25-28/h5-13,15H,14H2,1-4H3. The van der Waals surface area contributed by atoms with Gasteiger partial charge in [0.05, 0.1) is 11.8 Å². The molecule has 31 heavy (non-hydrogen) atoms. The van der Waals surface area contributed by atoms with Gasteiger partial charge in [0.1, 0.15) is 18.0 Å². The predicted octanol–water partition coefficient (Wildman–Crippen LogP) is 2.83. The second kappa shape index (κ2) is 8.47. The number of tetrazole rings is 1. The molecule has 4 rings (SSSR count). The summed E-state index contributed by atoms with van der Waals surface area (Å²) in [7, 11) is 1.56. The van der Waals surface area contributed by atoms with Gasteiger partial charge in [0, 0.05) is 24.9 Å². The van der Waals surface area contributed by atoms with Gasteiger partial charge in [0.15, 0.2) is 0 Å². The maximum atomic E-state index is 12.3. The highest BCUT2D eigenvalue weighted by atomic mass is 16.5. The Labute approximate surface area is 179 Å². The zero-order valence-electron chi connectivity index (χ0n) is 17.9. The molecule has 9 nitrogen and oxygen atoms in total. The summed E-state index contributed by atoms with van der Waals surface area (Å²) in [5.74, 6) is 1.20. The van der Waals surface area contributed by atoms with Crippen LogP contribution in [-0.2, 0) is 13.7 Å². The second-order valence-electron chi connectivity index (χ2n) is 7.39. The Morgan fingerprint density at radius 3 is 2.52 bits per heavy atom. The summed E-state index contributed by atoms with van der Waals surface area (Å²) in [5, 5.41) is 12.3. The van der Waals surface area contributed by atoms with E-state index in [2.05, 4.69) is 15.5 Å². The molecule has 4 aromatic rings. The van der Waals surface area contributed by atoms with E-state index in [0.717, 1.165) is 22.6 Å². The van der Waals surface area contributed by atoms with Crippen molar-refractivity contribution in [2.24, 2.45) is 7.05 Å². The van der Waals surface area contributed by atoms with Gasteiger partial charge in [-0.2, -0.15) is 9.36 Å². The van der Waals surface area contributed by atoms with Crippen molar-refractivity contribution in [1.29, 1.82) is 0 Å². The van der Waals surface area contributed by atoms with Crippen molar-refractivity contribution in [2.45, 2.75) is 33.5 Å². The van der Waals surface area contributed by atoms with E-state index >= 15 is 0 Å². The second-order valence-corrected chi connectivity index (χ2v) is 7.39. The number of nitrogens with zero attached hydrogens (tertiary/aromatic N) is 6. The van der Waals surface area contributed by atoms with Gasteiger partial charge in [-0.05, 0) is 55.0 Å². The molecule has 0 saturated heterocycles. The van der Waals surface area contributed by atoms with Gasteiger partial charge in [-0.3, -0.25) is 0 Å². The lowest BCUT2D eigenvalue weighted by molar-refractivity contribution is 0.241. The molecule has 9 heteroatoms. The lowest BCUT2D eigenvalue weighted by Crippen LogP contribution is -2.23. The summed E-state index contributed by atoms with van der Waals surface area (Å²) < 4.78 is 16.0. The molecule has 0 radical (unpaired) electrons. The smallest absolute Gasteiger partial charge is 0.368 e. The first kappa shape index (κ1) is 20.4. The van der Waals surface area contributed by atoms with Crippen LogP contribution in [0.15, 0.2) is 59.5 Å². The molecule has 0 fully saturated rings. The van der Waals surface area contributed by atoms with E-state index in [9.17, 15) is 4.79 Å². The van der Waals surface area contributed by atoms with Gasteiger partial charge >= 0.3 is 5.69 Å². The Hall–Kier alpha value is -3.88. The summed E-state index contributed by atoms with van der Waals surface area (Å²) in [6, 6.07) is 15.2. The van der Waals surface area contributed by atoms with E-state index in [1.54, 1.807) is 17.8 Å². The van der Waals surface area contributed by atoms with Crippen LogP contribution in [-0.4, -0.2) is 35.7 Å². The fraction of sp³-hybridized carbons (Fsp3) is 0.273. The van der Waals surface area contributed by atoms with E-state index in [1.165, 1.54) is 9.36 Å². The number of hydrogen-bond acceptors (Lipinski definition) is 6. The highest BCUT2D eigenvalue weighted by Crippen LogP contribution is 2.25. The van der Waals surface area contributed by atoms with Crippen molar-refractivity contribution in [3.05, 3.63) is 76.3 Å². The summed E-state index contributed by atoms with van der Waals surface area (Å²) in [4.78, 5) is 12.3. The minimum atomic E-state index is -0.321. The Kier molecular flexibility index (Phi) is 5.57. The lowest BCUT2D eigenvalue weighted by Gasteiger charge is -2.14. The van der Waals surface area contributed by atoms with E-state index in [4.69, 9.17) is 9.47 Å². The zero-order valence-corrected chi connectivity index (χ0v) is 17.9. The van der Waals surface area contributed by atoms with Crippen molar-refractivity contribution >= 4 is 0 Å². The van der Waals surface area contributed by atoms with Crippen LogP contribution in [0.25, 0.3) is 11.4 Å². The summed E-state index contributed by atoms with van der Waals surface area (Å²) in [5.41, 5.74) is 2.95. The molecule has 2 aromatic heterocycles. The first-order valence-corrected chi connectivity index (χ1v) is 9.96. The molecule has 2 heterocycles. The predicted molar refractivity (Wildman–Crippen MR) is 115 cm³/mol. The van der Waals surface area contributed by atoms with Crippen LogP contribution in [0, 0.1) is 6.92 Å². The van der Waals surface area contributed by atoms with E-state index in [-0.39, 0.29) is 18.4 Å². The van der Waals surface area contributed by atoms with E-state index in [0.29, 0.717) is 11.6 Å². The number of para-hydroxylation sites is 2. The highest BCUT2D eigenvalue weighted by Gasteiger charge is 2.15. The first-order chi connectivity index (χ1) is 14.9. The van der Waals surface area contributed by atoms with Crippen molar-refractivity contribution < 1.29 is 9.47 Å². The number of benzene rings is 2. The topological polar surface area (TPSA) is 89.0 Å². The van der Waals surface area contributed by atoms with Crippen LogP contribution < -0.4 is 15.2 Å². The lowest BCUT2D eigenvalue weighted by atomic mass is 10.1. The Balaban J connectivity index is 1.58. The third kappa shape index (κ3) is 4.20. The number of aromatic nitrogens is 6. The van der Waals surface area contributed by atoms with Crippen molar-refractivity contribution in [1.82, 2.24) is 29.6 Å². The Bertz CT molecular complexity index is 1250. The number of aryl methyl sites for hydroxylation is 2. The third-order valence-corrected chi connectivity index (χ3v) is 4.74. The van der Waals surface area contributed by atoms with Gasteiger partial charge in [-0.25, -0.2) is 9.48 Å². The van der Waals surface area contributed by atoms with Crippen LogP contribution in [0.4, 0.5) is 0 Å². The quantitative estimate of drug-likeness (QED) is 0.457. The van der Waals surface area contributed by atoms with Gasteiger partial charge < -0.3 is 9.47 Å². The minimum absolute atomic E-state index is 0.0522. The van der Waals surface area contributed by atoms with Gasteiger partial charge in [-0.1, -0.05) is 24.3 Å². The fourth-order valence-corrected chi connectivity index (χ4v) is 3.20. The van der Waals surface area contributed by atoms with Crippen molar-refractivity contribution in [3.63, 3.8) is 0 Å². The molecule has 0 spiro atoms. The van der Waals surface area contributed by atoms with Crippen LogP contribution in [0.2, 0.25) is 0 Å². The third-order valence-electron chi connectivity index (χ3n) is 4.74. The molecular weight excluding hydrogens is 396 g/mol. The molecule has 160 valence electrons. The van der Waals surface area contributed by atoms with Crippen LogP contribution in [0.5, 0.6) is 11.6 Å². The SMILES string of the molecule is Cc1cccc(-n2nnn(C)c2=O)c1COc1ccn(-c2ccccc2OC(C)C)n1. The molecule has 0 atom stereocenters. The maximum Gasteiger partial charge on any atom is 0.368 e. The van der Waals surface area contributed by atoms with Crippen molar-refractivity contribution in [2.75, 3.05) is 0 Å². The first-order valence-electron chi connectivity index (χ1n) is 9.96. The van der Waals surface area contributed by atoms with E-state index in [1.807, 2.05) is 69.4 Å². The molecule has 0 amide bonds. The monoisotopic (exact) mass is 420 g/mol. The summed E-state index contributed by atoms with van der Waals surface area (Å²) in [6.45, 7) is 6.15. The number of rotatable bonds is 7. The Morgan fingerprint density at radius 2 is 1.77 bits per heavy atom. The average molecular weight is 420 g/mol. The van der Waals surface area contributed by atoms with Gasteiger partial charge in [-0.15, -0.1) is 5.10 Å². The van der Waals surface area contributed by atoms with Crippen LogP contribution >= 0.6 is 0 Å². The number of hydrogen-bond donors (Lipinski definition) is 0. The summed E-state index contributed by atoms with van der Waals surface area (Å²) in [6.07, 6.45) is 1.88. The minimum Gasteiger partial charge on any atom is -0.489 e. The molecule has 0 aliphatic carbocycles. The van der Waals surface area contributed by atoms with Crippen LogP contribution in [0.3, 0.4) is 0 Å². The number of ether oxygens (including phenoxy) is 2. The molecule has 2 aromatic carbocycles.